The first-order valence-corrected chi connectivity index (χ1v) is 11.5. The fourth-order valence-corrected chi connectivity index (χ4v) is 4.78. The van der Waals surface area contributed by atoms with Gasteiger partial charge in [-0.2, -0.15) is 0 Å². The molecule has 0 bridgehead atoms. The van der Waals surface area contributed by atoms with E-state index in [4.69, 9.17) is 4.74 Å². The van der Waals surface area contributed by atoms with Crippen molar-refractivity contribution in [2.75, 3.05) is 25.1 Å². The number of sulfonamides is 1. The van der Waals surface area contributed by atoms with Gasteiger partial charge in [0.15, 0.2) is 0 Å². The summed E-state index contributed by atoms with van der Waals surface area (Å²) in [6, 6.07) is 9.38. The van der Waals surface area contributed by atoms with E-state index in [1.165, 1.54) is 41.3 Å². The Bertz CT molecular complexity index is 1100. The Labute approximate surface area is 184 Å². The second-order valence-electron chi connectivity index (χ2n) is 7.74. The number of hydrogen-bond acceptors (Lipinski definition) is 6. The number of β-amino-alcohol motifs (C(OH)–C–C–N with tert-alkyl or cyclic N) is 1. The number of ether oxygens (including phenoxy) is 1. The van der Waals surface area contributed by atoms with Gasteiger partial charge in [0.2, 0.25) is 15.9 Å². The van der Waals surface area contributed by atoms with Gasteiger partial charge in [0.25, 0.3) is 5.91 Å². The van der Waals surface area contributed by atoms with Gasteiger partial charge in [0.1, 0.15) is 11.9 Å². The highest BCUT2D eigenvalue weighted by atomic mass is 32.2. The molecule has 2 saturated heterocycles. The number of benzene rings is 2. The van der Waals surface area contributed by atoms with E-state index < -0.39 is 39.8 Å². The largest absolute Gasteiger partial charge is 0.391 e. The Hall–Kier alpha value is -2.86. The summed E-state index contributed by atoms with van der Waals surface area (Å²) in [5.41, 5.74) is 0.550. The molecule has 0 radical (unpaired) electrons. The molecular weight excluding hydrogens is 441 g/mol. The van der Waals surface area contributed by atoms with Gasteiger partial charge >= 0.3 is 0 Å². The topological polar surface area (TPSA) is 125 Å². The molecule has 2 fully saturated rings. The predicted molar refractivity (Wildman–Crippen MR) is 112 cm³/mol. The highest BCUT2D eigenvalue weighted by molar-refractivity contribution is 7.89. The molecule has 3 N–H and O–H groups in total. The van der Waals surface area contributed by atoms with Crippen LogP contribution in [0.5, 0.6) is 0 Å². The molecular formula is C21H22FN3O6S. The Morgan fingerprint density at radius 1 is 1.06 bits per heavy atom. The number of likely N-dealkylation sites (tertiary alicyclic amines) is 1. The Morgan fingerprint density at radius 2 is 1.72 bits per heavy atom. The first kappa shape index (κ1) is 22.3. The molecule has 0 unspecified atom stereocenters. The number of hydrogen-bond donors (Lipinski definition) is 3. The lowest BCUT2D eigenvalue weighted by molar-refractivity contribution is -0.119. The predicted octanol–water partition coefficient (Wildman–Crippen LogP) is 0.717. The maximum atomic E-state index is 13.1. The Balaban J connectivity index is 1.43. The molecule has 2 amide bonds. The van der Waals surface area contributed by atoms with Crippen molar-refractivity contribution in [1.82, 2.24) is 9.62 Å². The standard InChI is InChI=1S/C21H22FN3O6S/c22-14-3-1-13(2-4-14)21(28)25-10-17(26)9-19(25)20(27)23-15-5-7-18(8-6-15)32(29,30)24-16-11-31-12-16/h1-8,16-17,19,24,26H,9-12H2,(H,23,27)/t17-,19+/m1/s1. The minimum Gasteiger partial charge on any atom is -0.391 e. The average molecular weight is 463 g/mol. The van der Waals surface area contributed by atoms with Gasteiger partial charge in [-0.25, -0.2) is 17.5 Å². The van der Waals surface area contributed by atoms with Crippen LogP contribution < -0.4 is 10.0 Å². The number of aliphatic hydroxyl groups excluding tert-OH is 1. The summed E-state index contributed by atoms with van der Waals surface area (Å²) in [7, 11) is -3.70. The van der Waals surface area contributed by atoms with Crippen LogP contribution in [0.15, 0.2) is 53.4 Å². The van der Waals surface area contributed by atoms with Crippen molar-refractivity contribution in [2.24, 2.45) is 0 Å². The van der Waals surface area contributed by atoms with Gasteiger partial charge < -0.3 is 20.1 Å². The minimum absolute atomic E-state index is 0.0258. The second kappa shape index (κ2) is 8.94. The third-order valence-corrected chi connectivity index (χ3v) is 6.86. The van der Waals surface area contributed by atoms with Crippen LogP contribution in [0.1, 0.15) is 16.8 Å². The molecule has 2 aromatic rings. The van der Waals surface area contributed by atoms with E-state index in [1.54, 1.807) is 0 Å². The van der Waals surface area contributed by atoms with Crippen molar-refractivity contribution in [2.45, 2.75) is 29.5 Å². The van der Waals surface area contributed by atoms with Crippen molar-refractivity contribution in [1.29, 1.82) is 0 Å². The highest BCUT2D eigenvalue weighted by Crippen LogP contribution is 2.23. The van der Waals surface area contributed by atoms with E-state index in [0.717, 1.165) is 12.1 Å². The van der Waals surface area contributed by atoms with E-state index in [2.05, 4.69) is 10.0 Å². The van der Waals surface area contributed by atoms with Crippen LogP contribution in [0, 0.1) is 5.82 Å². The molecule has 4 rings (SSSR count). The Kier molecular flexibility index (Phi) is 6.24. The summed E-state index contributed by atoms with van der Waals surface area (Å²) >= 11 is 0. The molecule has 0 saturated carbocycles. The zero-order valence-corrected chi connectivity index (χ0v) is 17.7. The summed E-state index contributed by atoms with van der Waals surface area (Å²) in [5.74, 6) is -1.49. The summed E-state index contributed by atoms with van der Waals surface area (Å²) in [6.07, 6.45) is -0.817. The van der Waals surface area contributed by atoms with Gasteiger partial charge in [0, 0.05) is 24.2 Å². The lowest BCUT2D eigenvalue weighted by Crippen LogP contribution is -2.48. The highest BCUT2D eigenvalue weighted by Gasteiger charge is 2.39. The maximum Gasteiger partial charge on any atom is 0.254 e. The Morgan fingerprint density at radius 3 is 2.31 bits per heavy atom. The summed E-state index contributed by atoms with van der Waals surface area (Å²) in [5, 5.41) is 12.7. The van der Waals surface area contributed by atoms with Gasteiger partial charge in [-0.15, -0.1) is 0 Å². The fourth-order valence-electron chi connectivity index (χ4n) is 3.58. The number of anilines is 1. The zero-order valence-electron chi connectivity index (χ0n) is 16.9. The second-order valence-corrected chi connectivity index (χ2v) is 9.45. The van der Waals surface area contributed by atoms with Gasteiger partial charge in [-0.05, 0) is 48.5 Å². The lowest BCUT2D eigenvalue weighted by atomic mass is 10.1. The van der Waals surface area contributed by atoms with Crippen molar-refractivity contribution < 1.29 is 32.2 Å². The molecule has 11 heteroatoms. The van der Waals surface area contributed by atoms with E-state index in [1.807, 2.05) is 0 Å². The number of nitrogens with one attached hydrogen (secondary N) is 2. The van der Waals surface area contributed by atoms with Crippen molar-refractivity contribution in [3.8, 4) is 0 Å². The van der Waals surface area contributed by atoms with Crippen LogP contribution >= 0.6 is 0 Å². The average Bonchev–Trinajstić information content (AvgIpc) is 3.13. The summed E-state index contributed by atoms with van der Waals surface area (Å²) in [4.78, 5) is 26.9. The van der Waals surface area contributed by atoms with Gasteiger partial charge in [-0.3, -0.25) is 9.59 Å². The van der Waals surface area contributed by atoms with Gasteiger partial charge in [-0.1, -0.05) is 0 Å². The SMILES string of the molecule is O=C(Nc1ccc(S(=O)(=O)NC2COC2)cc1)[C@@H]1C[C@@H](O)CN1C(=O)c1ccc(F)cc1. The first-order chi connectivity index (χ1) is 15.2. The van der Waals surface area contributed by atoms with Crippen LogP contribution in [0.2, 0.25) is 0 Å². The number of carbonyl (C=O) groups excluding carboxylic acids is 2. The summed E-state index contributed by atoms with van der Waals surface area (Å²) < 4.78 is 45.3. The molecule has 0 spiro atoms. The summed E-state index contributed by atoms with van der Waals surface area (Å²) in [6.45, 7) is 0.629. The molecule has 32 heavy (non-hydrogen) atoms. The van der Waals surface area contributed by atoms with Crippen LogP contribution in [-0.2, 0) is 19.6 Å². The molecule has 9 nitrogen and oxygen atoms in total. The molecule has 2 aliphatic rings. The van der Waals surface area contributed by atoms with Crippen LogP contribution in [0.25, 0.3) is 0 Å². The molecule has 0 aliphatic carbocycles. The molecule has 2 heterocycles. The lowest BCUT2D eigenvalue weighted by Gasteiger charge is -2.26. The first-order valence-electron chi connectivity index (χ1n) is 9.98. The minimum atomic E-state index is -3.70. The van der Waals surface area contributed by atoms with Crippen molar-refractivity contribution in [3.63, 3.8) is 0 Å². The monoisotopic (exact) mass is 463 g/mol. The third kappa shape index (κ3) is 4.80. The van der Waals surface area contributed by atoms with Crippen LogP contribution in [0.4, 0.5) is 10.1 Å². The number of rotatable bonds is 6. The third-order valence-electron chi connectivity index (χ3n) is 5.33. The number of halogens is 1. The number of nitrogens with zero attached hydrogens (tertiary/aromatic N) is 1. The number of amides is 2. The van der Waals surface area contributed by atoms with Crippen LogP contribution in [-0.4, -0.2) is 68.2 Å². The molecule has 0 aromatic heterocycles. The fraction of sp³-hybridized carbons (Fsp3) is 0.333. The zero-order chi connectivity index (χ0) is 22.9. The van der Waals surface area contributed by atoms with E-state index in [-0.39, 0.29) is 29.5 Å². The van der Waals surface area contributed by atoms with Crippen LogP contribution in [0.3, 0.4) is 0 Å². The normalized spacial score (nSPS) is 21.2. The quantitative estimate of drug-likeness (QED) is 0.580. The number of aliphatic hydroxyl groups is 1. The molecule has 2 aliphatic heterocycles. The molecule has 2 aromatic carbocycles. The molecule has 170 valence electrons. The van der Waals surface area contributed by atoms with E-state index >= 15 is 0 Å². The van der Waals surface area contributed by atoms with Crippen molar-refractivity contribution >= 4 is 27.5 Å². The maximum absolute atomic E-state index is 13.1. The van der Waals surface area contributed by atoms with E-state index in [9.17, 15) is 27.5 Å². The van der Waals surface area contributed by atoms with Gasteiger partial charge in [0.05, 0.1) is 30.3 Å². The molecule has 2 atom stereocenters. The van der Waals surface area contributed by atoms with Crippen molar-refractivity contribution in [3.05, 3.63) is 59.9 Å². The van der Waals surface area contributed by atoms with E-state index in [0.29, 0.717) is 18.9 Å². The number of carbonyl (C=O) groups is 2. The smallest absolute Gasteiger partial charge is 0.254 e.